The minimum atomic E-state index is 0.962. The molecule has 50 heavy (non-hydrogen) atoms. The van der Waals surface area contributed by atoms with Gasteiger partial charge in [-0.05, 0) is 95.2 Å². The average molecular weight is 653 g/mol. The zero-order chi connectivity index (χ0) is 32.8. The van der Waals surface area contributed by atoms with Crippen LogP contribution < -0.4 is 0 Å². The predicted molar refractivity (Wildman–Crippen MR) is 215 cm³/mol. The van der Waals surface area contributed by atoms with Crippen LogP contribution in [-0.4, -0.2) is 0 Å². The van der Waals surface area contributed by atoms with Gasteiger partial charge in [0, 0.05) is 26.4 Å². The zero-order valence-electron chi connectivity index (χ0n) is 27.0. The van der Waals surface area contributed by atoms with Crippen LogP contribution in [0.15, 0.2) is 174 Å². The first-order valence-electron chi connectivity index (χ1n) is 17.1. The lowest BCUT2D eigenvalue weighted by atomic mass is 9.85. The van der Waals surface area contributed by atoms with Gasteiger partial charge in [-0.2, -0.15) is 0 Å². The number of hydrogen-bond acceptors (Lipinski definition) is 2. The number of hydrogen-bond donors (Lipinski definition) is 0. The quantitative estimate of drug-likeness (QED) is 0.173. The number of rotatable bonds is 3. The molecule has 2 heteroatoms. The number of furan rings is 1. The molecule has 0 amide bonds. The smallest absolute Gasteiger partial charge is 0.152 e. The Morgan fingerprint density at radius 3 is 1.48 bits per heavy atom. The van der Waals surface area contributed by atoms with E-state index in [2.05, 4.69) is 164 Å². The van der Waals surface area contributed by atoms with E-state index in [9.17, 15) is 0 Å². The summed E-state index contributed by atoms with van der Waals surface area (Å²) in [6, 6.07) is 60.0. The van der Waals surface area contributed by atoms with Crippen LogP contribution in [0, 0.1) is 0 Å². The van der Waals surface area contributed by atoms with Crippen LogP contribution in [0.2, 0.25) is 0 Å². The molecule has 11 rings (SSSR count). The van der Waals surface area contributed by atoms with Gasteiger partial charge in [0.2, 0.25) is 0 Å². The Bertz CT molecular complexity index is 3100. The lowest BCUT2D eigenvalue weighted by Gasteiger charge is -2.18. The van der Waals surface area contributed by atoms with E-state index in [0.717, 1.165) is 16.5 Å². The van der Waals surface area contributed by atoms with E-state index in [4.69, 9.17) is 4.42 Å². The first kappa shape index (κ1) is 27.7. The van der Waals surface area contributed by atoms with Gasteiger partial charge in [-0.15, -0.1) is 11.3 Å². The number of benzene rings is 9. The minimum Gasteiger partial charge on any atom is -0.462 e. The molecule has 0 unspecified atom stereocenters. The Morgan fingerprint density at radius 1 is 0.360 bits per heavy atom. The van der Waals surface area contributed by atoms with Gasteiger partial charge in [0.15, 0.2) is 5.58 Å². The Labute approximate surface area is 292 Å². The Morgan fingerprint density at radius 2 is 0.840 bits per heavy atom. The van der Waals surface area contributed by atoms with Crippen molar-refractivity contribution in [2.24, 2.45) is 0 Å². The zero-order valence-corrected chi connectivity index (χ0v) is 27.8. The van der Waals surface area contributed by atoms with Crippen molar-refractivity contribution in [3.8, 4) is 33.4 Å². The molecule has 0 radical (unpaired) electrons. The van der Waals surface area contributed by atoms with Gasteiger partial charge in [0.25, 0.3) is 0 Å². The normalized spacial score (nSPS) is 12.0. The van der Waals surface area contributed by atoms with E-state index in [-0.39, 0.29) is 0 Å². The summed E-state index contributed by atoms with van der Waals surface area (Å²) in [6.45, 7) is 0. The fraction of sp³-hybridized carbons (Fsp3) is 0. The molecule has 0 aliphatic carbocycles. The monoisotopic (exact) mass is 652 g/mol. The maximum Gasteiger partial charge on any atom is 0.152 e. The summed E-state index contributed by atoms with van der Waals surface area (Å²) < 4.78 is 8.84. The van der Waals surface area contributed by atoms with Crippen LogP contribution in [0.1, 0.15) is 0 Å². The van der Waals surface area contributed by atoms with E-state index in [1.54, 1.807) is 0 Å². The van der Waals surface area contributed by atoms with Crippen LogP contribution in [0.4, 0.5) is 0 Å². The lowest BCUT2D eigenvalue weighted by Crippen LogP contribution is -1.90. The third-order valence-electron chi connectivity index (χ3n) is 10.5. The van der Waals surface area contributed by atoms with E-state index in [1.807, 2.05) is 17.6 Å². The second kappa shape index (κ2) is 10.6. The van der Waals surface area contributed by atoms with Crippen molar-refractivity contribution in [3.63, 3.8) is 0 Å². The van der Waals surface area contributed by atoms with Gasteiger partial charge in [-0.3, -0.25) is 0 Å². The fourth-order valence-corrected chi connectivity index (χ4v) is 9.39. The molecule has 0 saturated carbocycles. The molecule has 2 heterocycles. The van der Waals surface area contributed by atoms with Crippen LogP contribution >= 0.6 is 11.3 Å². The summed E-state index contributed by atoms with van der Waals surface area (Å²) in [7, 11) is 0. The fourth-order valence-electron chi connectivity index (χ4n) is 8.16. The van der Waals surface area contributed by atoms with Crippen molar-refractivity contribution >= 4 is 85.6 Å². The third kappa shape index (κ3) is 4.06. The van der Waals surface area contributed by atoms with E-state index in [0.29, 0.717) is 0 Å². The molecule has 2 aromatic heterocycles. The molecule has 0 bridgehead atoms. The molecular weight excluding hydrogens is 625 g/mol. The molecule has 1 nitrogen and oxygen atoms in total. The van der Waals surface area contributed by atoms with Crippen LogP contribution in [0.5, 0.6) is 0 Å². The summed E-state index contributed by atoms with van der Waals surface area (Å²) in [5.74, 6) is 0. The molecule has 0 saturated heterocycles. The van der Waals surface area contributed by atoms with E-state index in [1.165, 1.54) is 91.1 Å². The Balaban J connectivity index is 1.11. The van der Waals surface area contributed by atoms with Crippen molar-refractivity contribution < 1.29 is 4.42 Å². The van der Waals surface area contributed by atoms with E-state index >= 15 is 0 Å². The highest BCUT2D eigenvalue weighted by molar-refractivity contribution is 7.26. The molecule has 0 atom stereocenters. The summed E-state index contributed by atoms with van der Waals surface area (Å²) in [6.07, 6.45) is 1.93. The average Bonchev–Trinajstić information content (AvgIpc) is 3.78. The Kier molecular flexibility index (Phi) is 5.89. The van der Waals surface area contributed by atoms with Gasteiger partial charge >= 0.3 is 0 Å². The van der Waals surface area contributed by atoms with Crippen molar-refractivity contribution in [1.29, 1.82) is 0 Å². The molecule has 0 fully saturated rings. The van der Waals surface area contributed by atoms with E-state index < -0.39 is 0 Å². The molecule has 11 aromatic rings. The molecule has 9 aromatic carbocycles. The lowest BCUT2D eigenvalue weighted by molar-refractivity contribution is 0.621. The Hall–Kier alpha value is -6.22. The minimum absolute atomic E-state index is 0.962. The highest BCUT2D eigenvalue weighted by Crippen LogP contribution is 2.47. The first-order chi connectivity index (χ1) is 24.8. The summed E-state index contributed by atoms with van der Waals surface area (Å²) in [5, 5.41) is 13.7. The molecule has 232 valence electrons. The van der Waals surface area contributed by atoms with Crippen molar-refractivity contribution in [1.82, 2.24) is 0 Å². The molecule has 0 N–H and O–H groups in total. The molecular formula is C48H28OS. The van der Waals surface area contributed by atoms with Gasteiger partial charge in [-0.1, -0.05) is 140 Å². The van der Waals surface area contributed by atoms with Gasteiger partial charge in [0.1, 0.15) is 0 Å². The standard InChI is InChI=1S/C48H28OS/c1-3-11-31-25-33(19-17-29(31)9-1)43-28-49-47-41(43)23-24-42-36-22-21-35(27-44(36)50-48(42)47)46-39-15-7-5-13-37(39)45(38-14-6-8-16-40(38)46)34-20-18-30-10-2-4-12-32(30)26-34/h1-28H. The number of fused-ring (bicyclic) bond motifs is 9. The maximum atomic E-state index is 6.38. The maximum absolute atomic E-state index is 6.38. The van der Waals surface area contributed by atoms with Gasteiger partial charge in [0.05, 0.1) is 11.0 Å². The summed E-state index contributed by atoms with van der Waals surface area (Å²) in [5.41, 5.74) is 8.32. The van der Waals surface area contributed by atoms with Crippen LogP contribution in [0.25, 0.3) is 108 Å². The highest BCUT2D eigenvalue weighted by Gasteiger charge is 2.19. The largest absolute Gasteiger partial charge is 0.462 e. The highest BCUT2D eigenvalue weighted by atomic mass is 32.1. The number of thiophene rings is 1. The van der Waals surface area contributed by atoms with Gasteiger partial charge in [-0.25, -0.2) is 0 Å². The van der Waals surface area contributed by atoms with Crippen molar-refractivity contribution in [2.45, 2.75) is 0 Å². The molecule has 0 aliphatic heterocycles. The predicted octanol–water partition coefficient (Wildman–Crippen LogP) is 14.4. The summed E-state index contributed by atoms with van der Waals surface area (Å²) >= 11 is 1.83. The van der Waals surface area contributed by atoms with Crippen molar-refractivity contribution in [3.05, 3.63) is 170 Å². The van der Waals surface area contributed by atoms with Crippen LogP contribution in [-0.2, 0) is 0 Å². The first-order valence-corrected chi connectivity index (χ1v) is 17.9. The SMILES string of the molecule is c1ccc2cc(-c3c4ccccc4c(-c4ccc5c(c4)sc4c5ccc5c(-c6ccc7ccccc7c6)coc54)c4ccccc34)ccc2c1. The van der Waals surface area contributed by atoms with Crippen LogP contribution in [0.3, 0.4) is 0 Å². The third-order valence-corrected chi connectivity index (χ3v) is 11.7. The topological polar surface area (TPSA) is 13.1 Å². The second-order valence-electron chi connectivity index (χ2n) is 13.2. The van der Waals surface area contributed by atoms with Crippen molar-refractivity contribution in [2.75, 3.05) is 0 Å². The van der Waals surface area contributed by atoms with Gasteiger partial charge < -0.3 is 4.42 Å². The summed E-state index contributed by atoms with van der Waals surface area (Å²) in [4.78, 5) is 0. The molecule has 0 spiro atoms. The second-order valence-corrected chi connectivity index (χ2v) is 14.3. The molecule has 0 aliphatic rings.